The van der Waals surface area contributed by atoms with Crippen LogP contribution in [0.1, 0.15) is 28.8 Å². The molecule has 4 rings (SSSR count). The Labute approximate surface area is 179 Å². The molecule has 0 spiro atoms. The van der Waals surface area contributed by atoms with E-state index in [0.717, 1.165) is 22.9 Å². The lowest BCUT2D eigenvalue weighted by molar-refractivity contribution is -0.132. The number of fused-ring (bicyclic) bond motifs is 1. The smallest absolute Gasteiger partial charge is 0.248 e. The molecule has 1 aliphatic heterocycles. The molecule has 1 saturated heterocycles. The average molecular weight is 417 g/mol. The van der Waals surface area contributed by atoms with E-state index in [2.05, 4.69) is 11.1 Å². The highest BCUT2D eigenvalue weighted by Gasteiger charge is 2.31. The van der Waals surface area contributed by atoms with Gasteiger partial charge < -0.3 is 26.1 Å². The molecule has 8 nitrogen and oxygen atoms in total. The fourth-order valence-corrected chi connectivity index (χ4v) is 3.92. The van der Waals surface area contributed by atoms with E-state index in [-0.39, 0.29) is 11.9 Å². The molecule has 0 bridgehead atoms. The molecule has 3 aromatic rings. The number of H-pyrrole nitrogens is 1. The second-order valence-electron chi connectivity index (χ2n) is 7.64. The van der Waals surface area contributed by atoms with E-state index in [0.29, 0.717) is 36.4 Å². The van der Waals surface area contributed by atoms with Crippen LogP contribution in [0.2, 0.25) is 0 Å². The monoisotopic (exact) mass is 417 g/mol. The molecule has 1 aromatic heterocycles. The highest BCUT2D eigenvalue weighted by atomic mass is 16.5. The lowest BCUT2D eigenvalue weighted by Crippen LogP contribution is -2.46. The summed E-state index contributed by atoms with van der Waals surface area (Å²) < 4.78 is 5.90. The summed E-state index contributed by atoms with van der Waals surface area (Å²) in [5.74, 6) is 0.500. The van der Waals surface area contributed by atoms with E-state index in [4.69, 9.17) is 16.2 Å². The number of aromatic nitrogens is 1. The first-order valence-electron chi connectivity index (χ1n) is 10.1. The zero-order valence-corrected chi connectivity index (χ0v) is 16.9. The number of carbonyl (C=O) groups is 2. The molecule has 5 N–H and O–H groups in total. The number of nitrogens with zero attached hydrogens (tertiary/aromatic N) is 2. The molecule has 0 saturated carbocycles. The highest BCUT2D eigenvalue weighted by Crippen LogP contribution is 2.28. The molecule has 1 aliphatic rings. The Morgan fingerprint density at radius 1 is 1.23 bits per heavy atom. The normalized spacial score (nSPS) is 16.8. The summed E-state index contributed by atoms with van der Waals surface area (Å²) in [6, 6.07) is 13.2. The third kappa shape index (κ3) is 4.22. The second kappa shape index (κ2) is 8.50. The van der Waals surface area contributed by atoms with Crippen molar-refractivity contribution in [3.8, 4) is 17.6 Å². The largest absolute Gasteiger partial charge is 0.457 e. The van der Waals surface area contributed by atoms with Crippen LogP contribution in [-0.2, 0) is 11.2 Å². The second-order valence-corrected chi connectivity index (χ2v) is 7.64. The van der Waals surface area contributed by atoms with Gasteiger partial charge >= 0.3 is 0 Å². The van der Waals surface area contributed by atoms with Crippen molar-refractivity contribution >= 4 is 22.7 Å². The number of likely N-dealkylation sites (tertiary alicyclic amines) is 1. The molecule has 0 aliphatic carbocycles. The molecule has 8 heteroatoms. The Morgan fingerprint density at radius 3 is 2.68 bits per heavy atom. The van der Waals surface area contributed by atoms with E-state index in [1.54, 1.807) is 29.2 Å². The Hall–Kier alpha value is -3.83. The molecule has 2 amide bonds. The zero-order chi connectivity index (χ0) is 22.0. The number of ether oxygens (including phenoxy) is 1. The van der Waals surface area contributed by atoms with Crippen LogP contribution in [0.4, 0.5) is 0 Å². The fourth-order valence-electron chi connectivity index (χ4n) is 3.92. The number of nitrogens with one attached hydrogen (secondary N) is 1. The number of amides is 2. The fraction of sp³-hybridized carbons (Fsp3) is 0.261. The predicted molar refractivity (Wildman–Crippen MR) is 115 cm³/mol. The van der Waals surface area contributed by atoms with Gasteiger partial charge in [-0.1, -0.05) is 0 Å². The summed E-state index contributed by atoms with van der Waals surface area (Å²) in [5.41, 5.74) is 13.7. The summed E-state index contributed by atoms with van der Waals surface area (Å²) in [4.78, 5) is 28.7. The number of nitrogens with two attached hydrogens (primary N) is 2. The van der Waals surface area contributed by atoms with E-state index in [1.165, 1.54) is 0 Å². The molecule has 2 unspecified atom stereocenters. The number of hydrogen-bond donors (Lipinski definition) is 3. The lowest BCUT2D eigenvalue weighted by atomic mass is 10.0. The number of primary amides is 1. The maximum atomic E-state index is 12.7. The van der Waals surface area contributed by atoms with Crippen LogP contribution in [0, 0.1) is 11.3 Å². The molecule has 0 radical (unpaired) electrons. The number of aromatic amines is 1. The summed E-state index contributed by atoms with van der Waals surface area (Å²) >= 11 is 0. The summed E-state index contributed by atoms with van der Waals surface area (Å²) in [5, 5.41) is 10.1. The predicted octanol–water partition coefficient (Wildman–Crippen LogP) is 2.44. The Kier molecular flexibility index (Phi) is 5.60. The number of nitriles is 1. The summed E-state index contributed by atoms with van der Waals surface area (Å²) in [6.45, 7) is 0.575. The number of rotatable bonds is 6. The number of benzene rings is 2. The van der Waals surface area contributed by atoms with Crippen LogP contribution in [0.15, 0.2) is 48.7 Å². The van der Waals surface area contributed by atoms with Gasteiger partial charge in [0, 0.05) is 29.2 Å². The molecule has 158 valence electrons. The van der Waals surface area contributed by atoms with Crippen LogP contribution in [0.25, 0.3) is 10.9 Å². The Morgan fingerprint density at radius 2 is 1.97 bits per heavy atom. The first kappa shape index (κ1) is 20.4. The van der Waals surface area contributed by atoms with Gasteiger partial charge in [0.2, 0.25) is 11.8 Å². The quantitative estimate of drug-likeness (QED) is 0.565. The standard InChI is InChI=1S/C23H23N5O3/c24-12-16-2-1-9-28(16)23(30)20(25)10-15-13-27-21-8-7-18(11-19(15)21)31-17-5-3-14(4-6-17)22(26)29/h3-8,11,13,16,20,27H,1-2,9-10,25H2,(H2,26,29). The van der Waals surface area contributed by atoms with Gasteiger partial charge in [-0.05, 0) is 67.3 Å². The molecule has 1 fully saturated rings. The SMILES string of the molecule is N#CC1CCCN1C(=O)C(N)Cc1c[nH]c2ccc(Oc3ccc(C(N)=O)cc3)cc12. The van der Waals surface area contributed by atoms with Crippen molar-refractivity contribution in [1.82, 2.24) is 9.88 Å². The maximum absolute atomic E-state index is 12.7. The average Bonchev–Trinajstić information content (AvgIpc) is 3.40. The van der Waals surface area contributed by atoms with Gasteiger partial charge in [-0.15, -0.1) is 0 Å². The molecule has 31 heavy (non-hydrogen) atoms. The van der Waals surface area contributed by atoms with Gasteiger partial charge in [0.25, 0.3) is 0 Å². The van der Waals surface area contributed by atoms with Gasteiger partial charge in [-0.25, -0.2) is 0 Å². The minimum absolute atomic E-state index is 0.194. The van der Waals surface area contributed by atoms with Crippen molar-refractivity contribution in [3.05, 3.63) is 59.8 Å². The van der Waals surface area contributed by atoms with Crippen LogP contribution in [0.5, 0.6) is 11.5 Å². The Bertz CT molecular complexity index is 1160. The molecule has 2 heterocycles. The summed E-state index contributed by atoms with van der Waals surface area (Å²) in [6.07, 6.45) is 3.72. The minimum atomic E-state index is -0.723. The maximum Gasteiger partial charge on any atom is 0.248 e. The molecular weight excluding hydrogens is 394 g/mol. The van der Waals surface area contributed by atoms with E-state index >= 15 is 0 Å². The van der Waals surface area contributed by atoms with Gasteiger partial charge in [0.1, 0.15) is 17.5 Å². The molecule has 2 aromatic carbocycles. The third-order valence-corrected chi connectivity index (χ3v) is 5.56. The van der Waals surface area contributed by atoms with Crippen molar-refractivity contribution in [2.75, 3.05) is 6.54 Å². The van der Waals surface area contributed by atoms with Gasteiger partial charge in [-0.3, -0.25) is 9.59 Å². The van der Waals surface area contributed by atoms with Crippen molar-refractivity contribution < 1.29 is 14.3 Å². The van der Waals surface area contributed by atoms with Gasteiger partial charge in [-0.2, -0.15) is 5.26 Å². The highest BCUT2D eigenvalue weighted by molar-refractivity contribution is 5.92. The van der Waals surface area contributed by atoms with Crippen molar-refractivity contribution in [2.45, 2.75) is 31.3 Å². The topological polar surface area (TPSA) is 138 Å². The molecule has 2 atom stereocenters. The first-order valence-corrected chi connectivity index (χ1v) is 10.1. The van der Waals surface area contributed by atoms with E-state index in [1.807, 2.05) is 24.4 Å². The van der Waals surface area contributed by atoms with Gasteiger partial charge in [0.05, 0.1) is 12.1 Å². The first-order chi connectivity index (χ1) is 15.0. The van der Waals surface area contributed by atoms with E-state index in [9.17, 15) is 14.9 Å². The minimum Gasteiger partial charge on any atom is -0.457 e. The van der Waals surface area contributed by atoms with Crippen molar-refractivity contribution in [2.24, 2.45) is 11.5 Å². The van der Waals surface area contributed by atoms with Crippen LogP contribution >= 0.6 is 0 Å². The summed E-state index contributed by atoms with van der Waals surface area (Å²) in [7, 11) is 0. The number of hydrogen-bond acceptors (Lipinski definition) is 5. The zero-order valence-electron chi connectivity index (χ0n) is 16.9. The van der Waals surface area contributed by atoms with Crippen molar-refractivity contribution in [1.29, 1.82) is 5.26 Å². The van der Waals surface area contributed by atoms with Crippen LogP contribution in [-0.4, -0.2) is 40.3 Å². The van der Waals surface area contributed by atoms with Crippen molar-refractivity contribution in [3.63, 3.8) is 0 Å². The Balaban J connectivity index is 1.51. The van der Waals surface area contributed by atoms with E-state index < -0.39 is 11.9 Å². The third-order valence-electron chi connectivity index (χ3n) is 5.56. The van der Waals surface area contributed by atoms with Crippen LogP contribution in [0.3, 0.4) is 0 Å². The number of carbonyl (C=O) groups excluding carboxylic acids is 2. The van der Waals surface area contributed by atoms with Gasteiger partial charge in [0.15, 0.2) is 0 Å². The lowest BCUT2D eigenvalue weighted by Gasteiger charge is -2.23. The van der Waals surface area contributed by atoms with Crippen LogP contribution < -0.4 is 16.2 Å². The molecular formula is C23H23N5O3.